The lowest BCUT2D eigenvalue weighted by atomic mass is 10.1. The third-order valence-corrected chi connectivity index (χ3v) is 3.28. The third-order valence-electron chi connectivity index (χ3n) is 3.28. The molecule has 0 atom stereocenters. The summed E-state index contributed by atoms with van der Waals surface area (Å²) < 4.78 is 5.75. The van der Waals surface area contributed by atoms with E-state index < -0.39 is 4.92 Å². The molecule has 0 aliphatic rings. The Hall–Kier alpha value is -3.15. The van der Waals surface area contributed by atoms with Crippen LogP contribution in [0.25, 0.3) is 10.8 Å². The fraction of sp³-hybridized carbons (Fsp3) is 0.0625. The first-order chi connectivity index (χ1) is 10.7. The van der Waals surface area contributed by atoms with E-state index in [-0.39, 0.29) is 5.69 Å². The molecule has 0 amide bonds. The number of anilines is 1. The highest BCUT2D eigenvalue weighted by Crippen LogP contribution is 2.30. The Kier molecular flexibility index (Phi) is 3.57. The summed E-state index contributed by atoms with van der Waals surface area (Å²) in [6, 6.07) is 13.7. The molecule has 0 fully saturated rings. The van der Waals surface area contributed by atoms with Gasteiger partial charge in [0.2, 0.25) is 5.88 Å². The zero-order valence-electron chi connectivity index (χ0n) is 11.8. The maximum absolute atomic E-state index is 10.7. The van der Waals surface area contributed by atoms with Crippen LogP contribution in [0.1, 0.15) is 0 Å². The van der Waals surface area contributed by atoms with Gasteiger partial charge in [-0.3, -0.25) is 10.1 Å². The van der Waals surface area contributed by atoms with Gasteiger partial charge in [0.25, 0.3) is 5.69 Å². The highest BCUT2D eigenvalue weighted by atomic mass is 16.6. The number of rotatable bonds is 4. The minimum Gasteiger partial charge on any atom is -0.438 e. The zero-order chi connectivity index (χ0) is 15.5. The molecule has 0 aliphatic heterocycles. The second-order valence-corrected chi connectivity index (χ2v) is 4.66. The van der Waals surface area contributed by atoms with E-state index >= 15 is 0 Å². The number of fused-ring (bicyclic) bond motifs is 1. The van der Waals surface area contributed by atoms with Crippen molar-refractivity contribution in [1.29, 1.82) is 0 Å². The third kappa shape index (κ3) is 2.67. The van der Waals surface area contributed by atoms with Gasteiger partial charge in [-0.15, -0.1) is 0 Å². The molecule has 1 aromatic heterocycles. The number of hydrogen-bond acceptors (Lipinski definition) is 5. The molecular weight excluding hydrogens is 282 g/mol. The Morgan fingerprint density at radius 3 is 2.59 bits per heavy atom. The molecule has 6 heteroatoms. The topological polar surface area (TPSA) is 77.3 Å². The maximum atomic E-state index is 10.7. The Labute approximate surface area is 126 Å². The van der Waals surface area contributed by atoms with Gasteiger partial charge in [0.1, 0.15) is 5.75 Å². The Morgan fingerprint density at radius 1 is 1.14 bits per heavy atom. The molecule has 0 saturated heterocycles. The fourth-order valence-electron chi connectivity index (χ4n) is 2.13. The molecule has 1 N–H and O–H groups in total. The standard InChI is InChI=1S/C16H13N3O3/c1-17-12-2-7-15-11(10-12)8-9-18-16(15)22-14-5-3-13(4-6-14)19(20)21/h2-10,17H,1H3. The predicted molar refractivity (Wildman–Crippen MR) is 84.5 cm³/mol. The predicted octanol–water partition coefficient (Wildman–Crippen LogP) is 3.98. The fourth-order valence-corrected chi connectivity index (χ4v) is 2.13. The van der Waals surface area contributed by atoms with Crippen LogP contribution in [-0.2, 0) is 0 Å². The molecule has 2 aromatic carbocycles. The van der Waals surface area contributed by atoms with Gasteiger partial charge in [-0.1, -0.05) is 0 Å². The summed E-state index contributed by atoms with van der Waals surface area (Å²) in [6.45, 7) is 0. The Balaban J connectivity index is 1.94. The average molecular weight is 295 g/mol. The monoisotopic (exact) mass is 295 g/mol. The van der Waals surface area contributed by atoms with Crippen LogP contribution in [-0.4, -0.2) is 17.0 Å². The highest BCUT2D eigenvalue weighted by Gasteiger charge is 2.08. The van der Waals surface area contributed by atoms with E-state index in [0.29, 0.717) is 11.6 Å². The van der Waals surface area contributed by atoms with Crippen molar-refractivity contribution in [3.05, 3.63) is 64.8 Å². The van der Waals surface area contributed by atoms with Gasteiger partial charge < -0.3 is 10.1 Å². The van der Waals surface area contributed by atoms with Crippen LogP contribution in [0.15, 0.2) is 54.7 Å². The summed E-state index contributed by atoms with van der Waals surface area (Å²) in [5.41, 5.74) is 1.02. The molecule has 110 valence electrons. The van der Waals surface area contributed by atoms with Crippen LogP contribution >= 0.6 is 0 Å². The molecule has 1 heterocycles. The lowest BCUT2D eigenvalue weighted by Gasteiger charge is -2.09. The first-order valence-electron chi connectivity index (χ1n) is 6.66. The van der Waals surface area contributed by atoms with Crippen molar-refractivity contribution in [2.45, 2.75) is 0 Å². The summed E-state index contributed by atoms with van der Waals surface area (Å²) in [6.07, 6.45) is 1.67. The number of nitrogens with zero attached hydrogens (tertiary/aromatic N) is 2. The lowest BCUT2D eigenvalue weighted by Crippen LogP contribution is -1.92. The van der Waals surface area contributed by atoms with Crippen molar-refractivity contribution in [3.63, 3.8) is 0 Å². The summed E-state index contributed by atoms with van der Waals surface area (Å²) >= 11 is 0. The van der Waals surface area contributed by atoms with Crippen molar-refractivity contribution < 1.29 is 9.66 Å². The first-order valence-corrected chi connectivity index (χ1v) is 6.66. The Morgan fingerprint density at radius 2 is 1.91 bits per heavy atom. The van der Waals surface area contributed by atoms with Crippen molar-refractivity contribution in [1.82, 2.24) is 4.98 Å². The number of pyridine rings is 1. The van der Waals surface area contributed by atoms with Gasteiger partial charge in [0.15, 0.2) is 0 Å². The number of ether oxygens (including phenoxy) is 1. The molecule has 6 nitrogen and oxygen atoms in total. The maximum Gasteiger partial charge on any atom is 0.269 e. The molecule has 0 spiro atoms. The number of nitro groups is 1. The van der Waals surface area contributed by atoms with E-state index in [1.54, 1.807) is 18.3 Å². The van der Waals surface area contributed by atoms with Crippen LogP contribution in [0.2, 0.25) is 0 Å². The first kappa shape index (κ1) is 13.8. The molecule has 22 heavy (non-hydrogen) atoms. The van der Waals surface area contributed by atoms with E-state index in [9.17, 15) is 10.1 Å². The number of nitrogens with one attached hydrogen (secondary N) is 1. The van der Waals surface area contributed by atoms with Gasteiger partial charge in [0.05, 0.1) is 4.92 Å². The van der Waals surface area contributed by atoms with Crippen LogP contribution < -0.4 is 10.1 Å². The molecule has 0 unspecified atom stereocenters. The van der Waals surface area contributed by atoms with Crippen molar-refractivity contribution in [2.75, 3.05) is 12.4 Å². The summed E-state index contributed by atoms with van der Waals surface area (Å²) in [5.74, 6) is 0.970. The lowest BCUT2D eigenvalue weighted by molar-refractivity contribution is -0.384. The SMILES string of the molecule is CNc1ccc2c(Oc3ccc([N+](=O)[O-])cc3)nccc2c1. The minimum absolute atomic E-state index is 0.0249. The molecule has 3 rings (SSSR count). The average Bonchev–Trinajstić information content (AvgIpc) is 2.55. The molecule has 3 aromatic rings. The minimum atomic E-state index is -0.445. The Bertz CT molecular complexity index is 832. The second kappa shape index (κ2) is 5.69. The number of hydrogen-bond donors (Lipinski definition) is 1. The van der Waals surface area contributed by atoms with Gasteiger partial charge in [-0.25, -0.2) is 4.98 Å². The number of nitro benzene ring substituents is 1. The van der Waals surface area contributed by atoms with Crippen LogP contribution in [0, 0.1) is 10.1 Å². The number of aromatic nitrogens is 1. The van der Waals surface area contributed by atoms with Crippen molar-refractivity contribution in [3.8, 4) is 11.6 Å². The van der Waals surface area contributed by atoms with E-state index in [1.165, 1.54) is 12.1 Å². The van der Waals surface area contributed by atoms with E-state index in [0.717, 1.165) is 16.5 Å². The van der Waals surface area contributed by atoms with Crippen molar-refractivity contribution in [2.24, 2.45) is 0 Å². The highest BCUT2D eigenvalue weighted by molar-refractivity contribution is 5.89. The van der Waals surface area contributed by atoms with E-state index in [4.69, 9.17) is 4.74 Å². The summed E-state index contributed by atoms with van der Waals surface area (Å²) in [7, 11) is 1.86. The molecule has 0 saturated carbocycles. The zero-order valence-corrected chi connectivity index (χ0v) is 11.8. The quantitative estimate of drug-likeness (QED) is 0.582. The molecular formula is C16H13N3O3. The van der Waals surface area contributed by atoms with Gasteiger partial charge in [0, 0.05) is 36.5 Å². The van der Waals surface area contributed by atoms with E-state index in [1.807, 2.05) is 31.3 Å². The molecule has 0 bridgehead atoms. The number of non-ortho nitro benzene ring substituents is 1. The van der Waals surface area contributed by atoms with Gasteiger partial charge in [-0.05, 0) is 41.8 Å². The molecule has 0 radical (unpaired) electrons. The summed E-state index contributed by atoms with van der Waals surface area (Å²) in [4.78, 5) is 14.4. The van der Waals surface area contributed by atoms with Crippen molar-refractivity contribution >= 4 is 22.1 Å². The normalized spacial score (nSPS) is 10.4. The molecule has 0 aliphatic carbocycles. The van der Waals surface area contributed by atoms with E-state index in [2.05, 4.69) is 10.3 Å². The smallest absolute Gasteiger partial charge is 0.269 e. The van der Waals surface area contributed by atoms with Gasteiger partial charge >= 0.3 is 0 Å². The van der Waals surface area contributed by atoms with Crippen LogP contribution in [0.4, 0.5) is 11.4 Å². The van der Waals surface area contributed by atoms with Crippen LogP contribution in [0.3, 0.4) is 0 Å². The van der Waals surface area contributed by atoms with Gasteiger partial charge in [-0.2, -0.15) is 0 Å². The van der Waals surface area contributed by atoms with Crippen LogP contribution in [0.5, 0.6) is 11.6 Å². The summed E-state index contributed by atoms with van der Waals surface area (Å²) in [5, 5.41) is 15.6. The number of benzene rings is 2. The second-order valence-electron chi connectivity index (χ2n) is 4.66. The largest absolute Gasteiger partial charge is 0.438 e.